The molecule has 2 aliphatic heterocycles. The zero-order valence-electron chi connectivity index (χ0n) is 18.7. The molecule has 0 amide bonds. The second-order valence-corrected chi connectivity index (χ2v) is 8.68. The summed E-state index contributed by atoms with van der Waals surface area (Å²) in [4.78, 5) is 15.7. The number of rotatable bonds is 6. The minimum Gasteiger partial charge on any atom is -0.378 e. The van der Waals surface area contributed by atoms with Crippen LogP contribution in [0.25, 0.3) is 16.9 Å². The molecule has 176 valence electrons. The van der Waals surface area contributed by atoms with Gasteiger partial charge in [-0.25, -0.2) is 13.8 Å². The quantitative estimate of drug-likeness (QED) is 0.588. The second kappa shape index (κ2) is 9.56. The van der Waals surface area contributed by atoms with E-state index in [1.54, 1.807) is 12.1 Å². The number of alkyl halides is 2. The van der Waals surface area contributed by atoms with Crippen LogP contribution >= 0.6 is 0 Å². The number of nitrogens with zero attached hydrogens (tertiary/aromatic N) is 5. The Morgan fingerprint density at radius 2 is 1.85 bits per heavy atom. The largest absolute Gasteiger partial charge is 0.378 e. The van der Waals surface area contributed by atoms with Gasteiger partial charge in [0, 0.05) is 25.7 Å². The summed E-state index contributed by atoms with van der Waals surface area (Å²) in [6, 6.07) is 7.29. The van der Waals surface area contributed by atoms with Crippen LogP contribution in [-0.4, -0.2) is 65.5 Å². The number of hydrogen-bond acceptors (Lipinski definition) is 7. The number of nitrogens with one attached hydrogen (secondary N) is 2. The summed E-state index contributed by atoms with van der Waals surface area (Å²) >= 11 is 0. The highest BCUT2D eigenvalue weighted by Crippen LogP contribution is 2.30. The number of anilines is 2. The van der Waals surface area contributed by atoms with Crippen molar-refractivity contribution < 1.29 is 13.5 Å². The van der Waals surface area contributed by atoms with E-state index in [1.165, 1.54) is 4.57 Å². The molecule has 0 unspecified atom stereocenters. The van der Waals surface area contributed by atoms with Crippen molar-refractivity contribution in [2.24, 2.45) is 5.92 Å². The zero-order chi connectivity index (χ0) is 22.8. The Morgan fingerprint density at radius 1 is 1.09 bits per heavy atom. The van der Waals surface area contributed by atoms with Gasteiger partial charge in [-0.05, 0) is 56.5 Å². The van der Waals surface area contributed by atoms with Crippen molar-refractivity contribution in [3.63, 3.8) is 0 Å². The van der Waals surface area contributed by atoms with Crippen molar-refractivity contribution in [2.75, 3.05) is 56.2 Å². The number of ether oxygens (including phenoxy) is 1. The summed E-state index contributed by atoms with van der Waals surface area (Å²) < 4.78 is 35.0. The van der Waals surface area contributed by atoms with Crippen LogP contribution in [-0.2, 0) is 4.74 Å². The van der Waals surface area contributed by atoms with Gasteiger partial charge in [-0.3, -0.25) is 4.57 Å². The van der Waals surface area contributed by atoms with Gasteiger partial charge in [0.15, 0.2) is 5.82 Å². The van der Waals surface area contributed by atoms with Gasteiger partial charge in [0.05, 0.1) is 24.2 Å². The van der Waals surface area contributed by atoms with Crippen LogP contribution in [0.15, 0.2) is 24.3 Å². The summed E-state index contributed by atoms with van der Waals surface area (Å²) in [6.45, 7) is 7.28. The number of imidazole rings is 1. The van der Waals surface area contributed by atoms with Crippen LogP contribution in [0, 0.1) is 12.8 Å². The molecule has 3 aromatic rings. The third-order valence-corrected chi connectivity index (χ3v) is 6.30. The summed E-state index contributed by atoms with van der Waals surface area (Å²) in [5.74, 6) is 1.75. The van der Waals surface area contributed by atoms with E-state index in [4.69, 9.17) is 9.72 Å². The predicted molar refractivity (Wildman–Crippen MR) is 123 cm³/mol. The Morgan fingerprint density at radius 3 is 2.61 bits per heavy atom. The monoisotopic (exact) mass is 457 g/mol. The van der Waals surface area contributed by atoms with E-state index in [0.29, 0.717) is 60.8 Å². The molecule has 1 aromatic carbocycles. The van der Waals surface area contributed by atoms with Gasteiger partial charge in [0.1, 0.15) is 11.6 Å². The topological polar surface area (TPSA) is 80.1 Å². The summed E-state index contributed by atoms with van der Waals surface area (Å²) in [7, 11) is 0. The van der Waals surface area contributed by atoms with E-state index in [-0.39, 0.29) is 5.82 Å². The number of halogens is 2. The van der Waals surface area contributed by atoms with Crippen molar-refractivity contribution in [1.82, 2.24) is 24.8 Å². The summed E-state index contributed by atoms with van der Waals surface area (Å²) in [5, 5.41) is 6.75. The highest BCUT2D eigenvalue weighted by molar-refractivity contribution is 5.79. The molecule has 10 heteroatoms. The van der Waals surface area contributed by atoms with Crippen molar-refractivity contribution in [1.29, 1.82) is 0 Å². The van der Waals surface area contributed by atoms with Gasteiger partial charge in [0.25, 0.3) is 6.43 Å². The van der Waals surface area contributed by atoms with E-state index in [1.807, 2.05) is 19.1 Å². The first-order chi connectivity index (χ1) is 16.1. The van der Waals surface area contributed by atoms with E-state index in [9.17, 15) is 8.78 Å². The molecule has 2 fully saturated rings. The minimum absolute atomic E-state index is 0.313. The Kier molecular flexibility index (Phi) is 6.37. The number of morpholine rings is 1. The molecule has 33 heavy (non-hydrogen) atoms. The fraction of sp³-hybridized carbons (Fsp3) is 0.522. The van der Waals surface area contributed by atoms with E-state index in [0.717, 1.165) is 38.0 Å². The maximum Gasteiger partial charge on any atom is 0.296 e. The van der Waals surface area contributed by atoms with E-state index >= 15 is 0 Å². The molecule has 2 aromatic heterocycles. The number of hydrogen-bond donors (Lipinski definition) is 2. The van der Waals surface area contributed by atoms with Gasteiger partial charge in [-0.1, -0.05) is 6.07 Å². The van der Waals surface area contributed by atoms with Gasteiger partial charge >= 0.3 is 0 Å². The molecule has 0 radical (unpaired) electrons. The van der Waals surface area contributed by atoms with Crippen LogP contribution in [0.3, 0.4) is 0 Å². The molecule has 2 aliphatic rings. The highest BCUT2D eigenvalue weighted by atomic mass is 19.3. The lowest BCUT2D eigenvalue weighted by atomic mass is 9.98. The van der Waals surface area contributed by atoms with Gasteiger partial charge in [0.2, 0.25) is 5.95 Å². The van der Waals surface area contributed by atoms with Crippen LogP contribution in [0.2, 0.25) is 0 Å². The molecule has 0 bridgehead atoms. The summed E-state index contributed by atoms with van der Waals surface area (Å²) in [5.41, 5.74) is 2.10. The lowest BCUT2D eigenvalue weighted by Gasteiger charge is -2.28. The number of piperidine rings is 1. The van der Waals surface area contributed by atoms with Crippen molar-refractivity contribution in [2.45, 2.75) is 26.2 Å². The van der Waals surface area contributed by atoms with E-state index in [2.05, 4.69) is 25.5 Å². The Bertz CT molecular complexity index is 1110. The molecule has 8 nitrogen and oxygen atoms in total. The normalized spacial score (nSPS) is 17.8. The highest BCUT2D eigenvalue weighted by Gasteiger charge is 2.24. The number of aryl methyl sites for hydroxylation is 1. The molecule has 2 saturated heterocycles. The number of fused-ring (bicyclic) bond motifs is 1. The van der Waals surface area contributed by atoms with Gasteiger partial charge in [-0.2, -0.15) is 9.97 Å². The first-order valence-corrected chi connectivity index (χ1v) is 11.5. The Hall–Kier alpha value is -2.85. The average Bonchev–Trinajstić information content (AvgIpc) is 3.23. The Balaban J connectivity index is 1.57. The van der Waals surface area contributed by atoms with Gasteiger partial charge < -0.3 is 20.3 Å². The Labute approximate surface area is 191 Å². The standard InChI is InChI=1S/C23H29F2N7O/c1-15-2-3-17-18(12-15)32(22(28-17)21(24)25)20-13-19(31-8-10-33-11-9-31)29-23(30-20)27-14-16-4-6-26-7-5-16/h2-3,12-13,16,21,26H,4-11,14H2,1H3,(H,27,29,30). The maximum absolute atomic E-state index is 14.0. The first kappa shape index (κ1) is 22.0. The van der Waals surface area contributed by atoms with Crippen molar-refractivity contribution >= 4 is 22.8 Å². The summed E-state index contributed by atoms with van der Waals surface area (Å²) in [6.07, 6.45) is -0.556. The van der Waals surface area contributed by atoms with E-state index < -0.39 is 6.43 Å². The second-order valence-electron chi connectivity index (χ2n) is 8.68. The lowest BCUT2D eigenvalue weighted by Crippen LogP contribution is -2.37. The molecule has 0 aliphatic carbocycles. The lowest BCUT2D eigenvalue weighted by molar-refractivity contribution is 0.122. The third kappa shape index (κ3) is 4.77. The molecule has 2 N–H and O–H groups in total. The van der Waals surface area contributed by atoms with Crippen LogP contribution in [0.4, 0.5) is 20.5 Å². The van der Waals surface area contributed by atoms with Crippen LogP contribution in [0.5, 0.6) is 0 Å². The molecule has 5 rings (SSSR count). The predicted octanol–water partition coefficient (Wildman–Crippen LogP) is 3.31. The fourth-order valence-corrected chi connectivity index (χ4v) is 4.48. The molecule has 0 saturated carbocycles. The fourth-order valence-electron chi connectivity index (χ4n) is 4.48. The van der Waals surface area contributed by atoms with Crippen LogP contribution < -0.4 is 15.5 Å². The minimum atomic E-state index is -2.73. The number of aromatic nitrogens is 4. The maximum atomic E-state index is 14.0. The smallest absolute Gasteiger partial charge is 0.296 e. The van der Waals surface area contributed by atoms with Crippen molar-refractivity contribution in [3.05, 3.63) is 35.7 Å². The number of benzene rings is 1. The van der Waals surface area contributed by atoms with Crippen LogP contribution in [0.1, 0.15) is 30.7 Å². The van der Waals surface area contributed by atoms with Crippen molar-refractivity contribution in [3.8, 4) is 5.82 Å². The SMILES string of the molecule is Cc1ccc2nc(C(F)F)n(-c3cc(N4CCOCC4)nc(NCC4CCNCC4)n3)c2c1. The zero-order valence-corrected chi connectivity index (χ0v) is 18.7. The molecular weight excluding hydrogens is 428 g/mol. The van der Waals surface area contributed by atoms with Gasteiger partial charge in [-0.15, -0.1) is 0 Å². The molecular formula is C23H29F2N7O. The third-order valence-electron chi connectivity index (χ3n) is 6.30. The molecule has 0 atom stereocenters. The molecule has 4 heterocycles. The average molecular weight is 458 g/mol. The first-order valence-electron chi connectivity index (χ1n) is 11.5. The molecule has 0 spiro atoms.